The van der Waals surface area contributed by atoms with Gasteiger partial charge in [-0.25, -0.2) is 13.8 Å². The van der Waals surface area contributed by atoms with E-state index in [1.165, 1.54) is 32.1 Å². The zero-order valence-corrected chi connectivity index (χ0v) is 14.6. The number of rotatable bonds is 5. The molecule has 1 aliphatic carbocycles. The van der Waals surface area contributed by atoms with Crippen molar-refractivity contribution in [2.75, 3.05) is 0 Å². The normalized spacial score (nSPS) is 20.6. The lowest BCUT2D eigenvalue weighted by atomic mass is 9.77. The molecule has 2 aromatic rings. The van der Waals surface area contributed by atoms with E-state index in [2.05, 4.69) is 11.9 Å². The lowest BCUT2D eigenvalue weighted by molar-refractivity contribution is 0.304. The van der Waals surface area contributed by atoms with Gasteiger partial charge in [-0.15, -0.1) is 0 Å². The predicted molar refractivity (Wildman–Crippen MR) is 93.8 cm³/mol. The highest BCUT2D eigenvalue weighted by atomic mass is 19.2. The Morgan fingerprint density at radius 3 is 2.40 bits per heavy atom. The van der Waals surface area contributed by atoms with E-state index in [4.69, 9.17) is 0 Å². The molecule has 0 amide bonds. The van der Waals surface area contributed by atoms with Crippen molar-refractivity contribution in [3.63, 3.8) is 0 Å². The quantitative estimate of drug-likeness (QED) is 0.553. The first-order valence-corrected chi connectivity index (χ1v) is 9.19. The van der Waals surface area contributed by atoms with Crippen molar-refractivity contribution in [2.45, 2.75) is 57.8 Å². The highest BCUT2D eigenvalue weighted by Gasteiger charge is 2.23. The average molecular weight is 347 g/mol. The molecule has 1 saturated carbocycles. The molecular weight excluding hydrogens is 323 g/mol. The zero-order chi connectivity index (χ0) is 17.8. The fraction of sp³-hybridized carbons (Fsp3) is 0.476. The number of pyridine rings is 1. The van der Waals surface area contributed by atoms with E-state index in [9.17, 15) is 13.2 Å². The van der Waals surface area contributed by atoms with Crippen molar-refractivity contribution in [1.29, 1.82) is 0 Å². The molecule has 25 heavy (non-hydrogen) atoms. The molecule has 1 nitrogen and oxygen atoms in total. The van der Waals surface area contributed by atoms with Gasteiger partial charge in [0, 0.05) is 17.3 Å². The molecular formula is C21H24F3N. The smallest absolute Gasteiger partial charge is 0.225 e. The van der Waals surface area contributed by atoms with Gasteiger partial charge < -0.3 is 0 Å². The summed E-state index contributed by atoms with van der Waals surface area (Å²) in [6.07, 6.45) is 9.61. The van der Waals surface area contributed by atoms with E-state index in [0.29, 0.717) is 5.92 Å². The van der Waals surface area contributed by atoms with Gasteiger partial charge in [0.2, 0.25) is 5.95 Å². The van der Waals surface area contributed by atoms with E-state index < -0.39 is 17.6 Å². The van der Waals surface area contributed by atoms with Gasteiger partial charge in [0.05, 0.1) is 0 Å². The standard InChI is InChI=1S/C21H24F3N/c1-2-3-4-14-5-7-15(8-6-14)16-9-10-18(19(22)11-16)17-12-20(23)21(24)25-13-17/h9-15H,2-8H2,1H3. The summed E-state index contributed by atoms with van der Waals surface area (Å²) in [6.45, 7) is 2.22. The highest BCUT2D eigenvalue weighted by Crippen LogP contribution is 2.38. The van der Waals surface area contributed by atoms with Crippen LogP contribution in [0.2, 0.25) is 0 Å². The minimum Gasteiger partial charge on any atom is -0.225 e. The summed E-state index contributed by atoms with van der Waals surface area (Å²) in [7, 11) is 0. The van der Waals surface area contributed by atoms with Crippen LogP contribution in [0.3, 0.4) is 0 Å². The predicted octanol–water partition coefficient (Wildman–Crippen LogP) is 6.63. The number of hydrogen-bond acceptors (Lipinski definition) is 1. The Morgan fingerprint density at radius 2 is 1.76 bits per heavy atom. The number of halogens is 3. The van der Waals surface area contributed by atoms with Crippen molar-refractivity contribution in [3.8, 4) is 11.1 Å². The molecule has 4 heteroatoms. The largest absolute Gasteiger partial charge is 0.248 e. The van der Waals surface area contributed by atoms with E-state index >= 15 is 0 Å². The Kier molecular flexibility index (Phi) is 5.77. The molecule has 3 rings (SSSR count). The molecule has 0 N–H and O–H groups in total. The molecule has 0 saturated heterocycles. The monoisotopic (exact) mass is 347 g/mol. The van der Waals surface area contributed by atoms with Crippen LogP contribution in [0.25, 0.3) is 11.1 Å². The van der Waals surface area contributed by atoms with Crippen molar-refractivity contribution in [1.82, 2.24) is 4.98 Å². The van der Waals surface area contributed by atoms with Crippen LogP contribution in [0.5, 0.6) is 0 Å². The van der Waals surface area contributed by atoms with Crippen LogP contribution in [-0.4, -0.2) is 4.98 Å². The number of hydrogen-bond donors (Lipinski definition) is 0. The molecule has 134 valence electrons. The number of unbranched alkanes of at least 4 members (excludes halogenated alkanes) is 1. The van der Waals surface area contributed by atoms with E-state index in [1.807, 2.05) is 6.07 Å². The molecule has 1 aromatic carbocycles. The summed E-state index contributed by atoms with van der Waals surface area (Å²) >= 11 is 0. The first kappa shape index (κ1) is 18.0. The Hall–Kier alpha value is -1.84. The van der Waals surface area contributed by atoms with Gasteiger partial charge in [0.15, 0.2) is 5.82 Å². The van der Waals surface area contributed by atoms with Crippen molar-refractivity contribution in [2.24, 2.45) is 5.92 Å². The molecule has 1 fully saturated rings. The number of aromatic nitrogens is 1. The van der Waals surface area contributed by atoms with Gasteiger partial charge in [0.1, 0.15) is 5.82 Å². The molecule has 0 radical (unpaired) electrons. The van der Waals surface area contributed by atoms with Crippen molar-refractivity contribution in [3.05, 3.63) is 53.6 Å². The number of nitrogens with zero attached hydrogens (tertiary/aromatic N) is 1. The van der Waals surface area contributed by atoms with Gasteiger partial charge in [0.25, 0.3) is 0 Å². The summed E-state index contributed by atoms with van der Waals surface area (Å²) in [5, 5.41) is 0. The second kappa shape index (κ2) is 8.03. The van der Waals surface area contributed by atoms with Gasteiger partial charge in [-0.3, -0.25) is 0 Å². The lowest BCUT2D eigenvalue weighted by Crippen LogP contribution is -2.13. The van der Waals surface area contributed by atoms with Gasteiger partial charge in [-0.2, -0.15) is 4.39 Å². The van der Waals surface area contributed by atoms with Crippen LogP contribution < -0.4 is 0 Å². The molecule has 0 aliphatic heterocycles. The van der Waals surface area contributed by atoms with Gasteiger partial charge in [-0.05, 0) is 55.2 Å². The minimum atomic E-state index is -1.17. The molecule has 1 aromatic heterocycles. The van der Waals surface area contributed by atoms with Crippen LogP contribution >= 0.6 is 0 Å². The highest BCUT2D eigenvalue weighted by molar-refractivity contribution is 5.63. The second-order valence-corrected chi connectivity index (χ2v) is 7.10. The summed E-state index contributed by atoms with van der Waals surface area (Å²) in [6, 6.07) is 6.10. The molecule has 0 unspecified atom stereocenters. The third-order valence-corrected chi connectivity index (χ3v) is 5.38. The van der Waals surface area contributed by atoms with E-state index in [0.717, 1.165) is 36.6 Å². The minimum absolute atomic E-state index is 0.256. The van der Waals surface area contributed by atoms with Crippen molar-refractivity contribution >= 4 is 0 Å². The second-order valence-electron chi connectivity index (χ2n) is 7.10. The van der Waals surface area contributed by atoms with Crippen LogP contribution in [0.15, 0.2) is 30.5 Å². The van der Waals surface area contributed by atoms with E-state index in [-0.39, 0.29) is 11.1 Å². The van der Waals surface area contributed by atoms with Crippen molar-refractivity contribution < 1.29 is 13.2 Å². The third-order valence-electron chi connectivity index (χ3n) is 5.38. The molecule has 0 atom stereocenters. The maximum atomic E-state index is 14.5. The maximum Gasteiger partial charge on any atom is 0.248 e. The average Bonchev–Trinajstić information content (AvgIpc) is 2.63. The summed E-state index contributed by atoms with van der Waals surface area (Å²) < 4.78 is 40.8. The number of benzene rings is 1. The van der Waals surface area contributed by atoms with E-state index in [1.54, 1.807) is 12.1 Å². The summed E-state index contributed by atoms with van der Waals surface area (Å²) in [5.41, 5.74) is 1.52. The first-order chi connectivity index (χ1) is 12.1. The molecule has 1 aliphatic rings. The topological polar surface area (TPSA) is 12.9 Å². The maximum absolute atomic E-state index is 14.5. The Bertz CT molecular complexity index is 721. The molecule has 0 spiro atoms. The van der Waals surface area contributed by atoms with Crippen LogP contribution in [-0.2, 0) is 0 Å². The van der Waals surface area contributed by atoms with Crippen LogP contribution in [0.1, 0.15) is 63.4 Å². The molecule has 1 heterocycles. The van der Waals surface area contributed by atoms with Gasteiger partial charge in [-0.1, -0.05) is 38.3 Å². The van der Waals surface area contributed by atoms with Crippen LogP contribution in [0.4, 0.5) is 13.2 Å². The first-order valence-electron chi connectivity index (χ1n) is 9.19. The Labute approximate surface area is 147 Å². The lowest BCUT2D eigenvalue weighted by Gasteiger charge is -2.29. The van der Waals surface area contributed by atoms with Gasteiger partial charge >= 0.3 is 0 Å². The Balaban J connectivity index is 1.71. The summed E-state index contributed by atoms with van der Waals surface area (Å²) in [5.74, 6) is -1.43. The fourth-order valence-electron chi connectivity index (χ4n) is 3.87. The summed E-state index contributed by atoms with van der Waals surface area (Å²) in [4.78, 5) is 3.33. The SMILES string of the molecule is CCCCC1CCC(c2ccc(-c3cnc(F)c(F)c3)c(F)c2)CC1. The zero-order valence-electron chi connectivity index (χ0n) is 14.6. The fourth-order valence-corrected chi connectivity index (χ4v) is 3.87. The third kappa shape index (κ3) is 4.23. The molecule has 0 bridgehead atoms. The van der Waals surface area contributed by atoms with Crippen LogP contribution in [0, 0.1) is 23.5 Å². The Morgan fingerprint density at radius 1 is 1.00 bits per heavy atom.